The minimum absolute atomic E-state index is 0.0486. The summed E-state index contributed by atoms with van der Waals surface area (Å²) in [6, 6.07) is 17.3. The lowest BCUT2D eigenvalue weighted by Crippen LogP contribution is -2.39. The Morgan fingerprint density at radius 1 is 1.02 bits per heavy atom. The molecule has 0 spiro atoms. The van der Waals surface area contributed by atoms with Gasteiger partial charge < -0.3 is 25.6 Å². The van der Waals surface area contributed by atoms with Gasteiger partial charge in [-0.25, -0.2) is 9.97 Å². The number of carbonyl (C=O) groups is 2. The number of fused-ring (bicyclic) bond motifs is 1. The fourth-order valence-corrected chi connectivity index (χ4v) is 6.57. The number of aromatic nitrogens is 3. The van der Waals surface area contributed by atoms with Crippen molar-refractivity contribution in [1.82, 2.24) is 30.3 Å². The van der Waals surface area contributed by atoms with Gasteiger partial charge in [-0.1, -0.05) is 65.7 Å². The van der Waals surface area contributed by atoms with Crippen molar-refractivity contribution < 1.29 is 24.5 Å². The van der Waals surface area contributed by atoms with E-state index in [2.05, 4.69) is 25.9 Å². The number of methoxy groups -OCH3 is 1. The molecule has 0 aliphatic carbocycles. The second-order valence-corrected chi connectivity index (χ2v) is 12.6. The molecule has 2 atom stereocenters. The maximum absolute atomic E-state index is 13.2. The number of nitrogens with one attached hydrogen (secondary N) is 3. The molecule has 1 unspecified atom stereocenters. The first-order valence-electron chi connectivity index (χ1n) is 15.9. The van der Waals surface area contributed by atoms with Crippen LogP contribution in [0.25, 0.3) is 39.2 Å². The van der Waals surface area contributed by atoms with Crippen molar-refractivity contribution in [2.24, 2.45) is 0 Å². The molecule has 1 fully saturated rings. The van der Waals surface area contributed by atoms with E-state index in [-0.39, 0.29) is 29.9 Å². The summed E-state index contributed by atoms with van der Waals surface area (Å²) >= 11 is 14.1. The largest absolute Gasteiger partial charge is 0.481 e. The normalized spacial score (nSPS) is 14.9. The topological polar surface area (TPSA) is 167 Å². The Balaban J connectivity index is 1.25. The van der Waals surface area contributed by atoms with Crippen LogP contribution in [0.5, 0.6) is 5.88 Å². The predicted octanol–water partition coefficient (Wildman–Crippen LogP) is 4.31. The zero-order chi connectivity index (χ0) is 35.4. The molecule has 5 N–H and O–H groups in total. The van der Waals surface area contributed by atoms with E-state index in [4.69, 9.17) is 27.9 Å². The second-order valence-electron chi connectivity index (χ2n) is 11.8. The molecule has 6 rings (SSSR count). The number of pyridine rings is 2. The van der Waals surface area contributed by atoms with Gasteiger partial charge in [-0.15, -0.1) is 0 Å². The van der Waals surface area contributed by atoms with Gasteiger partial charge in [-0.05, 0) is 30.2 Å². The number of nitrogens with zero attached hydrogens (tertiary/aromatic N) is 3. The van der Waals surface area contributed by atoms with E-state index in [1.54, 1.807) is 24.5 Å². The Kier molecular flexibility index (Phi) is 10.8. The van der Waals surface area contributed by atoms with Crippen LogP contribution in [0, 0.1) is 0 Å². The van der Waals surface area contributed by atoms with Crippen molar-refractivity contribution in [2.45, 2.75) is 38.0 Å². The van der Waals surface area contributed by atoms with Crippen LogP contribution in [0.15, 0.2) is 77.9 Å². The summed E-state index contributed by atoms with van der Waals surface area (Å²) in [5, 5.41) is 28.3. The van der Waals surface area contributed by atoms with Crippen LogP contribution in [-0.4, -0.2) is 68.8 Å². The molecule has 14 heteroatoms. The number of hydrogen-bond acceptors (Lipinski definition) is 9. The second kappa shape index (κ2) is 15.4. The van der Waals surface area contributed by atoms with E-state index in [1.807, 2.05) is 48.5 Å². The lowest BCUT2D eigenvalue weighted by Gasteiger charge is -2.16. The Labute approximate surface area is 297 Å². The molecule has 50 heavy (non-hydrogen) atoms. The van der Waals surface area contributed by atoms with Crippen molar-refractivity contribution in [2.75, 3.05) is 20.3 Å². The fourth-order valence-electron chi connectivity index (χ4n) is 5.91. The number of ether oxygens (including phenoxy) is 1. The van der Waals surface area contributed by atoms with Crippen molar-refractivity contribution in [3.63, 3.8) is 0 Å². The lowest BCUT2D eigenvalue weighted by molar-refractivity contribution is -0.140. The number of benzene rings is 2. The van der Waals surface area contributed by atoms with Crippen molar-refractivity contribution >= 4 is 40.7 Å². The van der Waals surface area contributed by atoms with Crippen LogP contribution in [0.2, 0.25) is 10.0 Å². The van der Waals surface area contributed by atoms with Gasteiger partial charge in [0.2, 0.25) is 11.8 Å². The molecule has 258 valence electrons. The number of carboxylic acid groups (broad SMARTS) is 1. The first kappa shape index (κ1) is 35.0. The van der Waals surface area contributed by atoms with Gasteiger partial charge in [0.15, 0.2) is 0 Å². The minimum Gasteiger partial charge on any atom is -0.481 e. The molecule has 0 bridgehead atoms. The number of aliphatic hydroxyl groups is 1. The van der Waals surface area contributed by atoms with Gasteiger partial charge >= 0.3 is 5.97 Å². The quantitative estimate of drug-likeness (QED) is 0.119. The highest BCUT2D eigenvalue weighted by molar-refractivity contribution is 6.39. The summed E-state index contributed by atoms with van der Waals surface area (Å²) in [7, 11) is 1.47. The Bertz CT molecular complexity index is 2140. The first-order valence-corrected chi connectivity index (χ1v) is 16.6. The molecule has 0 radical (unpaired) electrons. The van der Waals surface area contributed by atoms with Gasteiger partial charge in [-0.3, -0.25) is 24.1 Å². The summed E-state index contributed by atoms with van der Waals surface area (Å²) in [6.07, 6.45) is 4.55. The van der Waals surface area contributed by atoms with Gasteiger partial charge in [0.05, 0.1) is 29.5 Å². The van der Waals surface area contributed by atoms with Crippen LogP contribution >= 0.6 is 23.2 Å². The average Bonchev–Trinajstić information content (AvgIpc) is 3.54. The monoisotopic (exact) mass is 716 g/mol. The number of rotatable bonds is 13. The third kappa shape index (κ3) is 7.35. The molecule has 12 nitrogen and oxygen atoms in total. The molecular weight excluding hydrogens is 683 g/mol. The summed E-state index contributed by atoms with van der Waals surface area (Å²) in [5.41, 5.74) is 5.44. The van der Waals surface area contributed by atoms with E-state index >= 15 is 0 Å². The predicted molar refractivity (Wildman–Crippen MR) is 190 cm³/mol. The SMILES string of the molecule is COc1nc(-c2cccc(-c3cccc(-c4ccn5c(=O)c(CNC[C@H]6CCC(=O)N6)cnc5c4)c3Cl)c2Cl)ccc1CNC(CO)C(=O)O. The van der Waals surface area contributed by atoms with Crippen LogP contribution < -0.4 is 26.2 Å². The first-order chi connectivity index (χ1) is 24.2. The van der Waals surface area contributed by atoms with Crippen LogP contribution in [0.4, 0.5) is 0 Å². The molecule has 4 heterocycles. The number of aliphatic carboxylic acids is 1. The Morgan fingerprint density at radius 2 is 1.74 bits per heavy atom. The highest BCUT2D eigenvalue weighted by atomic mass is 35.5. The average molecular weight is 718 g/mol. The Hall–Kier alpha value is -4.85. The number of aliphatic hydroxyl groups excluding tert-OH is 1. The molecule has 2 aromatic carbocycles. The maximum atomic E-state index is 13.2. The Morgan fingerprint density at radius 3 is 2.42 bits per heavy atom. The standard InChI is InChI=1S/C36H34Cl2N6O6/c1-50-34-21(16-40-29(19-45)36(48)49)8-10-28(43-34)27-7-3-6-26(33(27)38)25-5-2-4-24(32(25)37)20-12-13-44-30(14-20)41-17-22(35(44)47)15-39-18-23-9-11-31(46)42-23/h2-8,10,12-14,17,23,29,39-40,45H,9,11,15-16,18-19H2,1H3,(H,42,46)(H,48,49)/t23-,29?/m1/s1. The lowest BCUT2D eigenvalue weighted by atomic mass is 9.97. The van der Waals surface area contributed by atoms with E-state index in [1.165, 1.54) is 11.5 Å². The number of carbonyl (C=O) groups excluding carboxylic acids is 1. The van der Waals surface area contributed by atoms with Crippen LogP contribution in [0.1, 0.15) is 24.0 Å². The fraction of sp³-hybridized carbons (Fsp3) is 0.250. The molecule has 0 saturated carbocycles. The third-order valence-corrected chi connectivity index (χ3v) is 9.41. The molecule has 1 amide bonds. The van der Waals surface area contributed by atoms with Crippen molar-refractivity contribution in [1.29, 1.82) is 0 Å². The summed E-state index contributed by atoms with van der Waals surface area (Å²) in [6.45, 7) is 0.463. The highest BCUT2D eigenvalue weighted by Gasteiger charge is 2.21. The van der Waals surface area contributed by atoms with E-state index in [0.29, 0.717) is 68.7 Å². The van der Waals surface area contributed by atoms with E-state index < -0.39 is 18.6 Å². The minimum atomic E-state index is -1.17. The summed E-state index contributed by atoms with van der Waals surface area (Å²) in [5.74, 6) is -0.834. The molecular formula is C36H34Cl2N6O6. The molecule has 5 aromatic rings. The van der Waals surface area contributed by atoms with E-state index in [0.717, 1.165) is 17.5 Å². The zero-order valence-corrected chi connectivity index (χ0v) is 28.5. The molecule has 1 saturated heterocycles. The van der Waals surface area contributed by atoms with Crippen molar-refractivity contribution in [3.8, 4) is 39.4 Å². The van der Waals surface area contributed by atoms with Gasteiger partial charge in [-0.2, -0.15) is 0 Å². The van der Waals surface area contributed by atoms with Gasteiger partial charge in [0.1, 0.15) is 11.7 Å². The molecule has 1 aliphatic rings. The highest BCUT2D eigenvalue weighted by Crippen LogP contribution is 2.42. The number of amides is 1. The molecule has 1 aliphatic heterocycles. The van der Waals surface area contributed by atoms with Crippen LogP contribution in [-0.2, 0) is 22.7 Å². The number of hydrogen-bond donors (Lipinski definition) is 5. The molecule has 3 aromatic heterocycles. The summed E-state index contributed by atoms with van der Waals surface area (Å²) in [4.78, 5) is 45.1. The summed E-state index contributed by atoms with van der Waals surface area (Å²) < 4.78 is 6.98. The third-order valence-electron chi connectivity index (χ3n) is 8.60. The number of carboxylic acids is 1. The van der Waals surface area contributed by atoms with Crippen molar-refractivity contribution in [3.05, 3.63) is 105 Å². The van der Waals surface area contributed by atoms with Crippen LogP contribution in [0.3, 0.4) is 0 Å². The smallest absolute Gasteiger partial charge is 0.323 e. The maximum Gasteiger partial charge on any atom is 0.323 e. The zero-order valence-electron chi connectivity index (χ0n) is 27.0. The van der Waals surface area contributed by atoms with E-state index in [9.17, 15) is 24.6 Å². The number of halogens is 2. The van der Waals surface area contributed by atoms with Gasteiger partial charge in [0.25, 0.3) is 5.56 Å². The van der Waals surface area contributed by atoms with Gasteiger partial charge in [0, 0.05) is 77.9 Å².